The molecule has 114 valence electrons. The molecular weight excluding hydrogens is 290 g/mol. The van der Waals surface area contributed by atoms with Gasteiger partial charge in [0.1, 0.15) is 6.33 Å². The van der Waals surface area contributed by atoms with Crippen LogP contribution < -0.4 is 11.1 Å². The van der Waals surface area contributed by atoms with Crippen LogP contribution in [0.1, 0.15) is 13.8 Å². The minimum absolute atomic E-state index is 0. The largest absolute Gasteiger partial charge is 0.325 e. The molecule has 1 amide bonds. The highest BCUT2D eigenvalue weighted by Gasteiger charge is 2.17. The van der Waals surface area contributed by atoms with Crippen molar-refractivity contribution >= 4 is 24.0 Å². The molecule has 2 rings (SSSR count). The van der Waals surface area contributed by atoms with Crippen LogP contribution in [0.15, 0.2) is 30.6 Å². The molecule has 6 nitrogen and oxygen atoms in total. The second-order valence-electron chi connectivity index (χ2n) is 5.11. The molecule has 0 spiro atoms. The van der Waals surface area contributed by atoms with Gasteiger partial charge in [-0.2, -0.15) is 0 Å². The first-order valence-corrected chi connectivity index (χ1v) is 6.50. The zero-order chi connectivity index (χ0) is 14.7. The monoisotopic (exact) mass is 309 g/mol. The van der Waals surface area contributed by atoms with E-state index in [4.69, 9.17) is 5.73 Å². The van der Waals surface area contributed by atoms with Gasteiger partial charge in [0.25, 0.3) is 0 Å². The predicted molar refractivity (Wildman–Crippen MR) is 85.1 cm³/mol. The Morgan fingerprint density at radius 1 is 1.38 bits per heavy atom. The first kappa shape index (κ1) is 17.1. The second kappa shape index (κ2) is 7.19. The van der Waals surface area contributed by atoms with E-state index >= 15 is 0 Å². The highest BCUT2D eigenvalue weighted by Crippen LogP contribution is 2.20. The molecular formula is C14H20ClN5O. The van der Waals surface area contributed by atoms with Gasteiger partial charge in [-0.3, -0.25) is 4.79 Å². The Balaban J connectivity index is 0.00000220. The fourth-order valence-corrected chi connectivity index (χ4v) is 1.81. The van der Waals surface area contributed by atoms with E-state index < -0.39 is 6.04 Å². The van der Waals surface area contributed by atoms with Crippen LogP contribution in [0.4, 0.5) is 5.69 Å². The van der Waals surface area contributed by atoms with E-state index in [0.717, 1.165) is 11.4 Å². The number of nitrogens with two attached hydrogens (primary N) is 1. The van der Waals surface area contributed by atoms with Crippen LogP contribution >= 0.6 is 12.4 Å². The fourth-order valence-electron chi connectivity index (χ4n) is 1.81. The number of hydrogen-bond donors (Lipinski definition) is 2. The molecule has 1 atom stereocenters. The number of hydrogen-bond acceptors (Lipinski definition) is 4. The summed E-state index contributed by atoms with van der Waals surface area (Å²) in [5.74, 6) is 0.654. The first-order valence-electron chi connectivity index (χ1n) is 6.50. The molecule has 0 aliphatic carbocycles. The van der Waals surface area contributed by atoms with E-state index in [1.54, 1.807) is 6.33 Å². The maximum atomic E-state index is 11.9. The van der Waals surface area contributed by atoms with E-state index in [9.17, 15) is 4.79 Å². The van der Waals surface area contributed by atoms with E-state index in [1.165, 1.54) is 0 Å². The maximum Gasteiger partial charge on any atom is 0.241 e. The Bertz CT molecular complexity index is 611. The van der Waals surface area contributed by atoms with Gasteiger partial charge >= 0.3 is 0 Å². The number of aromatic nitrogens is 3. The number of amides is 1. The molecule has 3 N–H and O–H groups in total. The van der Waals surface area contributed by atoms with Crippen LogP contribution in [0.2, 0.25) is 0 Å². The molecule has 0 radical (unpaired) electrons. The Labute approximate surface area is 130 Å². The summed E-state index contributed by atoms with van der Waals surface area (Å²) in [6.07, 6.45) is 1.63. The lowest BCUT2D eigenvalue weighted by atomic mass is 10.0. The molecule has 0 saturated heterocycles. The smallest absolute Gasteiger partial charge is 0.241 e. The summed E-state index contributed by atoms with van der Waals surface area (Å²) in [6.45, 7) is 3.83. The van der Waals surface area contributed by atoms with Crippen molar-refractivity contribution in [2.45, 2.75) is 19.9 Å². The van der Waals surface area contributed by atoms with Gasteiger partial charge < -0.3 is 15.6 Å². The number of aryl methyl sites for hydroxylation is 1. The standard InChI is InChI=1S/C14H19N5O.ClH/c1-9(2)12(15)14(20)17-11-6-4-5-10(7-11)13-18-16-8-19(13)3;/h4-9,12H,15H2,1-3H3,(H,17,20);1H. The van der Waals surface area contributed by atoms with E-state index in [2.05, 4.69) is 15.5 Å². The molecule has 7 heteroatoms. The summed E-state index contributed by atoms with van der Waals surface area (Å²) < 4.78 is 1.82. The van der Waals surface area contributed by atoms with E-state index in [-0.39, 0.29) is 24.2 Å². The van der Waals surface area contributed by atoms with Gasteiger partial charge in [0, 0.05) is 18.3 Å². The van der Waals surface area contributed by atoms with Gasteiger partial charge in [-0.05, 0) is 18.1 Å². The summed E-state index contributed by atoms with van der Waals surface area (Å²) in [6, 6.07) is 6.94. The third kappa shape index (κ3) is 4.03. The van der Waals surface area contributed by atoms with Crippen LogP contribution in [0.5, 0.6) is 0 Å². The Hall–Kier alpha value is -1.92. The lowest BCUT2D eigenvalue weighted by Crippen LogP contribution is -2.39. The van der Waals surface area contributed by atoms with Crippen molar-refractivity contribution in [3.63, 3.8) is 0 Å². The van der Waals surface area contributed by atoms with Crippen LogP contribution in [-0.4, -0.2) is 26.7 Å². The molecule has 2 aromatic rings. The third-order valence-electron chi connectivity index (χ3n) is 3.12. The van der Waals surface area contributed by atoms with Crippen molar-refractivity contribution in [3.8, 4) is 11.4 Å². The van der Waals surface area contributed by atoms with Crippen molar-refractivity contribution in [2.24, 2.45) is 18.7 Å². The minimum atomic E-state index is -0.520. The Morgan fingerprint density at radius 3 is 2.67 bits per heavy atom. The normalized spacial score (nSPS) is 11.9. The minimum Gasteiger partial charge on any atom is -0.325 e. The van der Waals surface area contributed by atoms with Crippen molar-refractivity contribution in [2.75, 3.05) is 5.32 Å². The Morgan fingerprint density at radius 2 is 2.10 bits per heavy atom. The van der Waals surface area contributed by atoms with E-state index in [1.807, 2.05) is 49.7 Å². The van der Waals surface area contributed by atoms with Gasteiger partial charge in [-0.25, -0.2) is 0 Å². The highest BCUT2D eigenvalue weighted by molar-refractivity contribution is 5.95. The molecule has 21 heavy (non-hydrogen) atoms. The average molecular weight is 310 g/mol. The van der Waals surface area contributed by atoms with Crippen molar-refractivity contribution in [1.29, 1.82) is 0 Å². The molecule has 0 bridgehead atoms. The van der Waals surface area contributed by atoms with Crippen molar-refractivity contribution in [1.82, 2.24) is 14.8 Å². The maximum absolute atomic E-state index is 11.9. The predicted octanol–water partition coefficient (Wildman–Crippen LogP) is 1.83. The number of halogens is 1. The average Bonchev–Trinajstić information content (AvgIpc) is 2.84. The van der Waals surface area contributed by atoms with Gasteiger partial charge in [0.15, 0.2) is 5.82 Å². The van der Waals surface area contributed by atoms with Crippen LogP contribution in [0, 0.1) is 5.92 Å². The zero-order valence-electron chi connectivity index (χ0n) is 12.3. The molecule has 1 heterocycles. The topological polar surface area (TPSA) is 85.8 Å². The lowest BCUT2D eigenvalue weighted by Gasteiger charge is -2.15. The lowest BCUT2D eigenvalue weighted by molar-refractivity contribution is -0.118. The molecule has 0 saturated carbocycles. The first-order chi connectivity index (χ1) is 9.49. The highest BCUT2D eigenvalue weighted by atomic mass is 35.5. The molecule has 0 fully saturated rings. The number of benzene rings is 1. The van der Waals surface area contributed by atoms with E-state index in [0.29, 0.717) is 5.69 Å². The summed E-state index contributed by atoms with van der Waals surface area (Å²) in [4.78, 5) is 11.9. The molecule has 1 aromatic carbocycles. The number of rotatable bonds is 4. The zero-order valence-corrected chi connectivity index (χ0v) is 13.1. The fraction of sp³-hybridized carbons (Fsp3) is 0.357. The summed E-state index contributed by atoms with van der Waals surface area (Å²) in [7, 11) is 1.87. The molecule has 0 aliphatic rings. The molecule has 0 aliphatic heterocycles. The second-order valence-corrected chi connectivity index (χ2v) is 5.11. The number of nitrogens with zero attached hydrogens (tertiary/aromatic N) is 3. The summed E-state index contributed by atoms with van der Waals surface area (Å²) >= 11 is 0. The number of carbonyl (C=O) groups is 1. The quantitative estimate of drug-likeness (QED) is 0.902. The summed E-state index contributed by atoms with van der Waals surface area (Å²) in [5, 5.41) is 10.7. The van der Waals surface area contributed by atoms with Crippen molar-refractivity contribution < 1.29 is 4.79 Å². The molecule has 1 aromatic heterocycles. The van der Waals surface area contributed by atoms with Crippen molar-refractivity contribution in [3.05, 3.63) is 30.6 Å². The summed E-state index contributed by atoms with van der Waals surface area (Å²) in [5.41, 5.74) is 7.42. The number of anilines is 1. The van der Waals surface area contributed by atoms with Crippen LogP contribution in [0.25, 0.3) is 11.4 Å². The van der Waals surface area contributed by atoms with Gasteiger partial charge in [0.2, 0.25) is 5.91 Å². The van der Waals surface area contributed by atoms with Crippen LogP contribution in [-0.2, 0) is 11.8 Å². The van der Waals surface area contributed by atoms with Gasteiger partial charge in [-0.15, -0.1) is 22.6 Å². The third-order valence-corrected chi connectivity index (χ3v) is 3.12. The number of nitrogens with one attached hydrogen (secondary N) is 1. The molecule has 1 unspecified atom stereocenters. The van der Waals surface area contributed by atoms with Crippen LogP contribution in [0.3, 0.4) is 0 Å². The van der Waals surface area contributed by atoms with Gasteiger partial charge in [0.05, 0.1) is 6.04 Å². The number of carbonyl (C=O) groups excluding carboxylic acids is 1. The Kier molecular flexibility index (Phi) is 5.87. The van der Waals surface area contributed by atoms with Gasteiger partial charge in [-0.1, -0.05) is 26.0 Å². The SMILES string of the molecule is CC(C)C(N)C(=O)Nc1cccc(-c2nncn2C)c1.Cl.